The first kappa shape index (κ1) is 28.3. The van der Waals surface area contributed by atoms with E-state index in [0.29, 0.717) is 0 Å². The first-order chi connectivity index (χ1) is 26.0. The molecule has 3 heterocycles. The van der Waals surface area contributed by atoms with Gasteiger partial charge in [-0.1, -0.05) is 117 Å². The van der Waals surface area contributed by atoms with Gasteiger partial charge in [0, 0.05) is 47.3 Å². The lowest BCUT2D eigenvalue weighted by Crippen LogP contribution is -2.14. The van der Waals surface area contributed by atoms with Gasteiger partial charge in [0.25, 0.3) is 0 Å². The zero-order valence-corrected chi connectivity index (χ0v) is 29.8. The summed E-state index contributed by atoms with van der Waals surface area (Å²) in [6, 6.07) is 51.5. The Bertz CT molecular complexity index is 3490. The number of hydrogen-bond donors (Lipinski definition) is 0. The van der Waals surface area contributed by atoms with Crippen molar-refractivity contribution in [3.8, 4) is 39.3 Å². The third-order valence-electron chi connectivity index (χ3n) is 12.3. The molecule has 2 aliphatic carbocycles. The second-order valence-electron chi connectivity index (χ2n) is 15.3. The first-order valence-corrected chi connectivity index (χ1v) is 19.2. The molecule has 0 bridgehead atoms. The molecule has 0 fully saturated rings. The second kappa shape index (κ2) is 9.54. The summed E-state index contributed by atoms with van der Waals surface area (Å²) in [6.45, 7) is 4.68. The van der Waals surface area contributed by atoms with Crippen molar-refractivity contribution in [3.05, 3.63) is 151 Å². The van der Waals surface area contributed by atoms with Gasteiger partial charge in [-0.3, -0.25) is 4.57 Å². The Morgan fingerprint density at radius 1 is 0.509 bits per heavy atom. The van der Waals surface area contributed by atoms with E-state index in [1.54, 1.807) is 0 Å². The minimum absolute atomic E-state index is 0.0779. The minimum atomic E-state index is -0.0779. The number of rotatable bonds is 2. The topological polar surface area (TPSA) is 30.7 Å². The lowest BCUT2D eigenvalue weighted by Gasteiger charge is -2.21. The van der Waals surface area contributed by atoms with Crippen LogP contribution in [0, 0.1) is 0 Å². The highest BCUT2D eigenvalue weighted by Gasteiger charge is 2.36. The number of thiophene rings is 1. The Hall–Kier alpha value is -6.36. The van der Waals surface area contributed by atoms with Crippen LogP contribution in [0.5, 0.6) is 0 Å². The van der Waals surface area contributed by atoms with E-state index >= 15 is 0 Å². The largest absolute Gasteiger partial charge is 0.292 e. The molecular weight excluding hydrogens is 663 g/mol. The van der Waals surface area contributed by atoms with Gasteiger partial charge < -0.3 is 0 Å². The maximum atomic E-state index is 5.65. The van der Waals surface area contributed by atoms with Crippen LogP contribution in [0.1, 0.15) is 25.0 Å². The average Bonchev–Trinajstić information content (AvgIpc) is 3.79. The molecule has 246 valence electrons. The fourth-order valence-corrected chi connectivity index (χ4v) is 11.1. The van der Waals surface area contributed by atoms with Crippen LogP contribution in [0.15, 0.2) is 140 Å². The predicted molar refractivity (Wildman–Crippen MR) is 224 cm³/mol. The molecule has 4 heteroatoms. The fraction of sp³-hybridized carbons (Fsp3) is 0.0612. The predicted octanol–water partition coefficient (Wildman–Crippen LogP) is 13.4. The molecule has 0 saturated heterocycles. The maximum Gasteiger partial charge on any atom is 0.165 e. The summed E-state index contributed by atoms with van der Waals surface area (Å²) < 4.78 is 5.06. The first-order valence-electron chi connectivity index (χ1n) is 18.3. The molecule has 11 aromatic rings. The van der Waals surface area contributed by atoms with E-state index in [0.717, 1.165) is 49.9 Å². The van der Waals surface area contributed by atoms with E-state index in [1.165, 1.54) is 75.1 Å². The number of aromatic nitrogens is 3. The van der Waals surface area contributed by atoms with Gasteiger partial charge in [-0.2, -0.15) is 0 Å². The Morgan fingerprint density at radius 3 is 2.13 bits per heavy atom. The molecule has 13 rings (SSSR count). The summed E-state index contributed by atoms with van der Waals surface area (Å²) in [5.41, 5.74) is 13.9. The highest BCUT2D eigenvalue weighted by molar-refractivity contribution is 7.26. The summed E-state index contributed by atoms with van der Waals surface area (Å²) in [5.74, 6) is 0.856. The van der Waals surface area contributed by atoms with Gasteiger partial charge in [-0.15, -0.1) is 11.3 Å². The Labute approximate surface area is 308 Å². The minimum Gasteiger partial charge on any atom is -0.292 e. The van der Waals surface area contributed by atoms with Gasteiger partial charge >= 0.3 is 0 Å². The summed E-state index contributed by atoms with van der Waals surface area (Å²) in [4.78, 5) is 11.3. The highest BCUT2D eigenvalue weighted by Crippen LogP contribution is 2.53. The molecule has 0 unspecified atom stereocenters. The molecule has 0 aliphatic heterocycles. The van der Waals surface area contributed by atoms with Crippen molar-refractivity contribution in [2.75, 3.05) is 0 Å². The molecule has 53 heavy (non-hydrogen) atoms. The Morgan fingerprint density at radius 2 is 1.21 bits per heavy atom. The fourth-order valence-electron chi connectivity index (χ4n) is 9.95. The van der Waals surface area contributed by atoms with Crippen LogP contribution < -0.4 is 0 Å². The molecule has 0 saturated carbocycles. The summed E-state index contributed by atoms with van der Waals surface area (Å²) in [7, 11) is 0. The number of nitrogens with zero attached hydrogens (tertiary/aromatic N) is 3. The Balaban J connectivity index is 1.22. The number of fused-ring (bicyclic) bond motifs is 7. The molecule has 0 spiro atoms. The summed E-state index contributed by atoms with van der Waals surface area (Å²) in [5, 5.41) is 10.2. The number of benzene rings is 8. The van der Waals surface area contributed by atoms with Crippen LogP contribution in [0.2, 0.25) is 0 Å². The van der Waals surface area contributed by atoms with E-state index < -0.39 is 0 Å². The van der Waals surface area contributed by atoms with Gasteiger partial charge in [-0.25, -0.2) is 9.97 Å². The Kier molecular flexibility index (Phi) is 5.09. The third kappa shape index (κ3) is 3.41. The monoisotopic (exact) mass is 691 g/mol. The lowest BCUT2D eigenvalue weighted by molar-refractivity contribution is 0.660. The van der Waals surface area contributed by atoms with Crippen molar-refractivity contribution < 1.29 is 0 Å². The zero-order valence-electron chi connectivity index (χ0n) is 29.0. The van der Waals surface area contributed by atoms with Crippen LogP contribution >= 0.6 is 11.3 Å². The van der Waals surface area contributed by atoms with E-state index in [-0.39, 0.29) is 5.41 Å². The van der Waals surface area contributed by atoms with Crippen LogP contribution in [0.25, 0.3) is 114 Å². The smallest absolute Gasteiger partial charge is 0.165 e. The van der Waals surface area contributed by atoms with Gasteiger partial charge in [0.2, 0.25) is 0 Å². The molecule has 3 nitrogen and oxygen atoms in total. The van der Waals surface area contributed by atoms with Crippen molar-refractivity contribution in [2.45, 2.75) is 19.3 Å². The molecular formula is C49H29N3S. The molecule has 0 N–H and O–H groups in total. The summed E-state index contributed by atoms with van der Waals surface area (Å²) >= 11 is 1.89. The quantitative estimate of drug-likeness (QED) is 0.169. The molecule has 0 atom stereocenters. The molecule has 8 aromatic carbocycles. The van der Waals surface area contributed by atoms with E-state index in [4.69, 9.17) is 9.97 Å². The van der Waals surface area contributed by atoms with E-state index in [9.17, 15) is 0 Å². The molecule has 2 aliphatic rings. The van der Waals surface area contributed by atoms with Gasteiger partial charge in [0.1, 0.15) is 5.69 Å². The van der Waals surface area contributed by atoms with Crippen LogP contribution in [-0.2, 0) is 5.41 Å². The molecule has 0 radical (unpaired) electrons. The standard InChI is InChI=1S/C49H29N3S/c1-49(2)34-15-6-5-12-30(34)33-25-28(17-20-35(33)49)46-48(50-36-21-18-26-9-3-4-11-29(26)47(36)51-46)52-37-22-19-27-10-7-13-31-32-14-8-16-39-42(32)45-40(53-39)24-23-38(52)44(45)43(37)41(27)31/h3-25H,1-2H3. The van der Waals surface area contributed by atoms with Gasteiger partial charge in [0.15, 0.2) is 5.82 Å². The normalized spacial score (nSPS) is 14.0. The second-order valence-corrected chi connectivity index (χ2v) is 16.4. The third-order valence-corrected chi connectivity index (χ3v) is 13.4. The average molecular weight is 692 g/mol. The number of hydrogen-bond acceptors (Lipinski definition) is 3. The van der Waals surface area contributed by atoms with Crippen molar-refractivity contribution in [1.29, 1.82) is 0 Å². The van der Waals surface area contributed by atoms with Crippen LogP contribution in [-0.4, -0.2) is 14.5 Å². The van der Waals surface area contributed by atoms with Crippen LogP contribution in [0.3, 0.4) is 0 Å². The van der Waals surface area contributed by atoms with Gasteiger partial charge in [0.05, 0.1) is 22.1 Å². The van der Waals surface area contributed by atoms with Gasteiger partial charge in [-0.05, 0) is 85.9 Å². The SMILES string of the molecule is CC1(C)c2ccccc2-c2cc(-c3nc4c(ccc5ccccc54)nc3-n3c4ccc5cccc6c5c4c4c5c(ccc43)sc3cccc-6c35)ccc21. The van der Waals surface area contributed by atoms with Crippen molar-refractivity contribution in [2.24, 2.45) is 0 Å². The maximum absolute atomic E-state index is 5.65. The van der Waals surface area contributed by atoms with Crippen molar-refractivity contribution >= 4 is 85.9 Å². The van der Waals surface area contributed by atoms with E-state index in [1.807, 2.05) is 11.3 Å². The zero-order chi connectivity index (χ0) is 34.7. The molecule has 3 aromatic heterocycles. The van der Waals surface area contributed by atoms with Crippen molar-refractivity contribution in [1.82, 2.24) is 14.5 Å². The summed E-state index contributed by atoms with van der Waals surface area (Å²) in [6.07, 6.45) is 0. The van der Waals surface area contributed by atoms with Crippen molar-refractivity contribution in [3.63, 3.8) is 0 Å². The highest BCUT2D eigenvalue weighted by atomic mass is 32.1. The lowest BCUT2D eigenvalue weighted by atomic mass is 9.82. The molecule has 0 amide bonds. The van der Waals surface area contributed by atoms with Crippen LogP contribution in [0.4, 0.5) is 0 Å². The van der Waals surface area contributed by atoms with E-state index in [2.05, 4.69) is 158 Å².